The Morgan fingerprint density at radius 2 is 1.89 bits per heavy atom. The van der Waals surface area contributed by atoms with E-state index in [1.165, 1.54) is 4.90 Å². The van der Waals surface area contributed by atoms with E-state index in [0.717, 1.165) is 0 Å². The summed E-state index contributed by atoms with van der Waals surface area (Å²) < 4.78 is 10.3. The molecular formula is C11H17Cl2NO4. The summed E-state index contributed by atoms with van der Waals surface area (Å²) in [7, 11) is 0. The van der Waals surface area contributed by atoms with Crippen LogP contribution in [0, 0.1) is 0 Å². The van der Waals surface area contributed by atoms with Gasteiger partial charge in [0, 0.05) is 38.7 Å². The number of amides is 1. The SMILES string of the molecule is CC1(C)OC(=O)C(CC(=O)N(CCCl)CCCl)O1. The minimum Gasteiger partial charge on any atom is -0.432 e. The molecule has 0 aromatic carbocycles. The second-order valence-electron chi connectivity index (χ2n) is 4.39. The molecule has 1 unspecified atom stereocenters. The van der Waals surface area contributed by atoms with Gasteiger partial charge >= 0.3 is 5.97 Å². The molecule has 1 amide bonds. The van der Waals surface area contributed by atoms with Gasteiger partial charge in [-0.15, -0.1) is 23.2 Å². The number of nitrogens with zero attached hydrogens (tertiary/aromatic N) is 1. The highest BCUT2D eigenvalue weighted by Gasteiger charge is 2.42. The zero-order chi connectivity index (χ0) is 13.8. The van der Waals surface area contributed by atoms with Crippen LogP contribution in [0.1, 0.15) is 20.3 Å². The summed E-state index contributed by atoms with van der Waals surface area (Å²) in [5, 5.41) is 0. The molecule has 1 fully saturated rings. The molecule has 104 valence electrons. The van der Waals surface area contributed by atoms with Crippen LogP contribution in [0.25, 0.3) is 0 Å². The first kappa shape index (κ1) is 15.5. The molecule has 1 aliphatic heterocycles. The quantitative estimate of drug-likeness (QED) is 0.549. The van der Waals surface area contributed by atoms with Gasteiger partial charge in [-0.05, 0) is 0 Å². The molecule has 1 heterocycles. The molecule has 0 N–H and O–H groups in total. The Morgan fingerprint density at radius 1 is 1.33 bits per heavy atom. The molecule has 0 aromatic rings. The van der Waals surface area contributed by atoms with Crippen LogP contribution in [-0.4, -0.2) is 53.5 Å². The second kappa shape index (κ2) is 6.59. The van der Waals surface area contributed by atoms with E-state index in [4.69, 9.17) is 32.7 Å². The fourth-order valence-electron chi connectivity index (χ4n) is 1.70. The molecule has 0 saturated carbocycles. The lowest BCUT2D eigenvalue weighted by molar-refractivity contribution is -0.161. The highest BCUT2D eigenvalue weighted by Crippen LogP contribution is 2.25. The Bertz CT molecular complexity index is 316. The van der Waals surface area contributed by atoms with E-state index in [1.54, 1.807) is 13.8 Å². The van der Waals surface area contributed by atoms with Gasteiger partial charge in [-0.2, -0.15) is 0 Å². The third-order valence-electron chi connectivity index (χ3n) is 2.46. The van der Waals surface area contributed by atoms with Crippen molar-refractivity contribution in [1.82, 2.24) is 4.90 Å². The molecule has 0 radical (unpaired) electrons. The van der Waals surface area contributed by atoms with Gasteiger partial charge in [0.25, 0.3) is 0 Å². The molecular weight excluding hydrogens is 281 g/mol. The van der Waals surface area contributed by atoms with Crippen LogP contribution in [0.15, 0.2) is 0 Å². The van der Waals surface area contributed by atoms with Crippen LogP contribution < -0.4 is 0 Å². The molecule has 0 aliphatic carbocycles. The highest BCUT2D eigenvalue weighted by atomic mass is 35.5. The van der Waals surface area contributed by atoms with Crippen LogP contribution in [0.2, 0.25) is 0 Å². The number of rotatable bonds is 6. The van der Waals surface area contributed by atoms with E-state index in [1.807, 2.05) is 0 Å². The molecule has 0 spiro atoms. The molecule has 18 heavy (non-hydrogen) atoms. The van der Waals surface area contributed by atoms with Crippen molar-refractivity contribution in [2.45, 2.75) is 32.2 Å². The normalized spacial score (nSPS) is 21.8. The van der Waals surface area contributed by atoms with Crippen LogP contribution >= 0.6 is 23.2 Å². The fourth-order valence-corrected chi connectivity index (χ4v) is 2.11. The van der Waals surface area contributed by atoms with Crippen molar-refractivity contribution in [3.63, 3.8) is 0 Å². The minimum atomic E-state index is -0.966. The van der Waals surface area contributed by atoms with E-state index in [2.05, 4.69) is 0 Å². The summed E-state index contributed by atoms with van der Waals surface area (Å²) in [6.07, 6.45) is -0.892. The fraction of sp³-hybridized carbons (Fsp3) is 0.818. The van der Waals surface area contributed by atoms with Crippen LogP contribution in [0.5, 0.6) is 0 Å². The first-order valence-electron chi connectivity index (χ1n) is 5.70. The number of esters is 1. The molecule has 1 saturated heterocycles. The number of hydrogen-bond donors (Lipinski definition) is 0. The molecule has 1 aliphatic rings. The Kier molecular flexibility index (Phi) is 5.69. The van der Waals surface area contributed by atoms with Crippen molar-refractivity contribution in [2.75, 3.05) is 24.8 Å². The maximum absolute atomic E-state index is 12.0. The highest BCUT2D eigenvalue weighted by molar-refractivity contribution is 6.18. The Labute approximate surface area is 116 Å². The van der Waals surface area contributed by atoms with E-state index in [0.29, 0.717) is 24.8 Å². The molecule has 1 rings (SSSR count). The molecule has 7 heteroatoms. The number of cyclic esters (lactones) is 1. The van der Waals surface area contributed by atoms with Gasteiger partial charge in [0.15, 0.2) is 6.10 Å². The number of ether oxygens (including phenoxy) is 2. The van der Waals surface area contributed by atoms with Crippen LogP contribution in [-0.2, 0) is 19.1 Å². The number of carbonyl (C=O) groups excluding carboxylic acids is 2. The number of hydrogen-bond acceptors (Lipinski definition) is 4. The van der Waals surface area contributed by atoms with Crippen LogP contribution in [0.4, 0.5) is 0 Å². The molecule has 0 bridgehead atoms. The van der Waals surface area contributed by atoms with Gasteiger partial charge in [0.2, 0.25) is 11.7 Å². The minimum absolute atomic E-state index is 0.0456. The summed E-state index contributed by atoms with van der Waals surface area (Å²) in [5.74, 6) is -1.04. The first-order chi connectivity index (χ1) is 8.39. The average Bonchev–Trinajstić information content (AvgIpc) is 2.51. The summed E-state index contributed by atoms with van der Waals surface area (Å²) in [6, 6.07) is 0. The largest absolute Gasteiger partial charge is 0.432 e. The summed E-state index contributed by atoms with van der Waals surface area (Å²) in [4.78, 5) is 25.0. The lowest BCUT2D eigenvalue weighted by Gasteiger charge is -2.21. The average molecular weight is 298 g/mol. The Balaban J connectivity index is 2.55. The third-order valence-corrected chi connectivity index (χ3v) is 2.79. The topological polar surface area (TPSA) is 55.8 Å². The summed E-state index contributed by atoms with van der Waals surface area (Å²) in [5.41, 5.74) is 0. The molecule has 1 atom stereocenters. The van der Waals surface area contributed by atoms with Crippen molar-refractivity contribution in [3.8, 4) is 0 Å². The summed E-state index contributed by atoms with van der Waals surface area (Å²) >= 11 is 11.2. The van der Waals surface area contributed by atoms with Crippen molar-refractivity contribution < 1.29 is 19.1 Å². The van der Waals surface area contributed by atoms with Crippen LogP contribution in [0.3, 0.4) is 0 Å². The maximum atomic E-state index is 12.0. The van der Waals surface area contributed by atoms with Crippen molar-refractivity contribution in [3.05, 3.63) is 0 Å². The number of alkyl halides is 2. The number of carbonyl (C=O) groups is 2. The molecule has 5 nitrogen and oxygen atoms in total. The van der Waals surface area contributed by atoms with E-state index in [-0.39, 0.29) is 12.3 Å². The second-order valence-corrected chi connectivity index (χ2v) is 5.15. The van der Waals surface area contributed by atoms with Gasteiger partial charge in [-0.3, -0.25) is 4.79 Å². The van der Waals surface area contributed by atoms with E-state index < -0.39 is 17.9 Å². The van der Waals surface area contributed by atoms with Gasteiger partial charge < -0.3 is 14.4 Å². The monoisotopic (exact) mass is 297 g/mol. The third kappa shape index (κ3) is 4.30. The van der Waals surface area contributed by atoms with Crippen molar-refractivity contribution >= 4 is 35.1 Å². The van der Waals surface area contributed by atoms with E-state index in [9.17, 15) is 9.59 Å². The predicted octanol–water partition coefficient (Wildman–Crippen LogP) is 1.36. The van der Waals surface area contributed by atoms with Crippen molar-refractivity contribution in [1.29, 1.82) is 0 Å². The number of halogens is 2. The van der Waals surface area contributed by atoms with Gasteiger partial charge in [-0.1, -0.05) is 0 Å². The first-order valence-corrected chi connectivity index (χ1v) is 6.77. The smallest absolute Gasteiger partial charge is 0.338 e. The van der Waals surface area contributed by atoms with Gasteiger partial charge in [0.1, 0.15) is 0 Å². The lowest BCUT2D eigenvalue weighted by Crippen LogP contribution is -2.37. The lowest BCUT2D eigenvalue weighted by atomic mass is 10.2. The van der Waals surface area contributed by atoms with Gasteiger partial charge in [-0.25, -0.2) is 4.79 Å². The molecule has 0 aromatic heterocycles. The zero-order valence-electron chi connectivity index (χ0n) is 10.4. The zero-order valence-corrected chi connectivity index (χ0v) is 12.0. The van der Waals surface area contributed by atoms with Crippen molar-refractivity contribution in [2.24, 2.45) is 0 Å². The summed E-state index contributed by atoms with van der Waals surface area (Å²) in [6.45, 7) is 4.06. The predicted molar refractivity (Wildman–Crippen MR) is 67.7 cm³/mol. The maximum Gasteiger partial charge on any atom is 0.338 e. The van der Waals surface area contributed by atoms with E-state index >= 15 is 0 Å². The Hall–Kier alpha value is -0.520. The standard InChI is InChI=1S/C11H17Cl2NO4/c1-11(2)17-8(10(16)18-11)7-9(15)14(5-3-12)6-4-13/h8H,3-7H2,1-2H3. The Morgan fingerprint density at radius 3 is 2.28 bits per heavy atom. The van der Waals surface area contributed by atoms with Gasteiger partial charge in [0.05, 0.1) is 6.42 Å².